The van der Waals surface area contributed by atoms with Crippen LogP contribution >= 0.6 is 0 Å². The van der Waals surface area contributed by atoms with Gasteiger partial charge in [-0.15, -0.1) is 0 Å². The van der Waals surface area contributed by atoms with Crippen molar-refractivity contribution in [3.63, 3.8) is 0 Å². The lowest BCUT2D eigenvalue weighted by atomic mass is 10.00. The number of ether oxygens (including phenoxy) is 2. The summed E-state index contributed by atoms with van der Waals surface area (Å²) in [6, 6.07) is 8.93. The van der Waals surface area contributed by atoms with E-state index in [1.54, 1.807) is 24.3 Å². The van der Waals surface area contributed by atoms with Crippen molar-refractivity contribution in [1.82, 2.24) is 0 Å². The predicted octanol–water partition coefficient (Wildman–Crippen LogP) is 2.35. The van der Waals surface area contributed by atoms with E-state index in [0.717, 1.165) is 25.7 Å². The van der Waals surface area contributed by atoms with Gasteiger partial charge in [-0.25, -0.2) is 4.79 Å². The summed E-state index contributed by atoms with van der Waals surface area (Å²) >= 11 is 0. The largest absolute Gasteiger partial charge is 0.492 e. The van der Waals surface area contributed by atoms with Crippen LogP contribution in [-0.2, 0) is 19.1 Å². The van der Waals surface area contributed by atoms with Crippen molar-refractivity contribution in [2.45, 2.75) is 45.6 Å². The molecule has 0 aliphatic carbocycles. The summed E-state index contributed by atoms with van der Waals surface area (Å²) in [5.41, 5.74) is 0.666. The Balaban J connectivity index is 0. The number of aliphatic hydroxyl groups excluding tert-OH is 3. The van der Waals surface area contributed by atoms with Crippen molar-refractivity contribution < 1.29 is 44.6 Å². The topological polar surface area (TPSA) is 154 Å². The highest BCUT2D eigenvalue weighted by molar-refractivity contribution is 5.92. The molecule has 1 rings (SSSR count). The first kappa shape index (κ1) is 30.6. The number of aliphatic carboxylic acids is 2. The van der Waals surface area contributed by atoms with Gasteiger partial charge in [-0.05, 0) is 12.8 Å². The minimum Gasteiger partial charge on any atom is -0.492 e. The van der Waals surface area contributed by atoms with E-state index in [1.165, 1.54) is 14.2 Å². The molecule has 1 aromatic rings. The molecule has 1 atom stereocenters. The Hall–Kier alpha value is -2.62. The average Bonchev–Trinajstić information content (AvgIpc) is 2.78. The van der Waals surface area contributed by atoms with Gasteiger partial charge in [0, 0.05) is 5.56 Å². The van der Waals surface area contributed by atoms with Gasteiger partial charge < -0.3 is 35.0 Å². The number of carbonyl (C=O) groups is 2. The van der Waals surface area contributed by atoms with Crippen molar-refractivity contribution >= 4 is 17.7 Å². The van der Waals surface area contributed by atoms with Crippen LogP contribution in [0.1, 0.15) is 45.1 Å². The van der Waals surface area contributed by atoms with Gasteiger partial charge in [0.15, 0.2) is 5.76 Å². The van der Waals surface area contributed by atoms with E-state index >= 15 is 0 Å². The van der Waals surface area contributed by atoms with Crippen LogP contribution < -0.4 is 0 Å². The zero-order chi connectivity index (χ0) is 24.2. The van der Waals surface area contributed by atoms with Crippen LogP contribution in [0.2, 0.25) is 0 Å². The number of carboxylic acid groups (broad SMARTS) is 2. The van der Waals surface area contributed by atoms with Crippen molar-refractivity contribution in [3.8, 4) is 0 Å². The molecular weight excluding hydrogens is 408 g/mol. The van der Waals surface area contributed by atoms with Crippen LogP contribution in [-0.4, -0.2) is 71.0 Å². The van der Waals surface area contributed by atoms with Gasteiger partial charge >= 0.3 is 11.9 Å². The molecule has 0 bridgehead atoms. The first-order valence-electron chi connectivity index (χ1n) is 9.97. The van der Waals surface area contributed by atoms with E-state index in [4.69, 9.17) is 35.0 Å². The Kier molecular flexibility index (Phi) is 19.1. The number of rotatable bonds is 11. The van der Waals surface area contributed by atoms with Gasteiger partial charge in [0.1, 0.15) is 6.10 Å². The number of carboxylic acids is 2. The van der Waals surface area contributed by atoms with Gasteiger partial charge in [0.05, 0.1) is 33.4 Å². The lowest BCUT2D eigenvalue weighted by Crippen LogP contribution is -2.15. The van der Waals surface area contributed by atoms with E-state index in [9.17, 15) is 9.59 Å². The predicted molar refractivity (Wildman–Crippen MR) is 116 cm³/mol. The second-order valence-electron chi connectivity index (χ2n) is 6.34. The SMILES string of the molecule is CCCCC(CC)C(=O)O.COC(C(=O)O)=C(OC)c1ccccc1.OCC(O)CO. The molecule has 0 amide bonds. The van der Waals surface area contributed by atoms with Gasteiger partial charge in [-0.1, -0.05) is 57.0 Å². The zero-order valence-electron chi connectivity index (χ0n) is 18.7. The van der Waals surface area contributed by atoms with Gasteiger partial charge in [0.25, 0.3) is 0 Å². The molecule has 1 aromatic carbocycles. The Morgan fingerprint density at radius 1 is 0.968 bits per heavy atom. The Bertz CT molecular complexity index is 625. The van der Waals surface area contributed by atoms with Gasteiger partial charge in [-0.3, -0.25) is 4.79 Å². The van der Waals surface area contributed by atoms with Gasteiger partial charge in [-0.2, -0.15) is 0 Å². The maximum Gasteiger partial charge on any atom is 0.375 e. The Morgan fingerprint density at radius 2 is 1.52 bits per heavy atom. The summed E-state index contributed by atoms with van der Waals surface area (Å²) in [6.07, 6.45) is 2.76. The average molecular weight is 445 g/mol. The van der Waals surface area contributed by atoms with Crippen LogP contribution in [0.15, 0.2) is 36.1 Å². The van der Waals surface area contributed by atoms with E-state index in [0.29, 0.717) is 5.56 Å². The molecule has 0 aromatic heterocycles. The minimum absolute atomic E-state index is 0.111. The third-order valence-corrected chi connectivity index (χ3v) is 4.01. The molecule has 1 unspecified atom stereocenters. The molecule has 9 heteroatoms. The molecular formula is C22H36O9. The molecule has 0 saturated heterocycles. The van der Waals surface area contributed by atoms with Crippen molar-refractivity contribution in [3.05, 3.63) is 41.7 Å². The fraction of sp³-hybridized carbons (Fsp3) is 0.545. The molecule has 0 aliphatic heterocycles. The molecule has 178 valence electrons. The Labute approximate surface area is 183 Å². The molecule has 0 saturated carbocycles. The van der Waals surface area contributed by atoms with E-state index in [1.807, 2.05) is 13.0 Å². The monoisotopic (exact) mass is 444 g/mol. The van der Waals surface area contributed by atoms with Crippen LogP contribution in [0.5, 0.6) is 0 Å². The maximum atomic E-state index is 10.8. The number of unbranched alkanes of at least 4 members (excludes halogenated alkanes) is 1. The standard InChI is InChI=1S/C11H12O4.C8H16O2.C3H8O3/c1-14-9(10(15-2)11(12)13)8-6-4-3-5-7-8;1-3-5-6-7(4-2)8(9)10;4-1-3(6)2-5/h3-7H,1-2H3,(H,12,13);7H,3-6H2,1-2H3,(H,9,10);3-6H,1-2H2. The highest BCUT2D eigenvalue weighted by Crippen LogP contribution is 2.19. The fourth-order valence-electron chi connectivity index (χ4n) is 2.22. The number of methoxy groups -OCH3 is 2. The molecule has 0 spiro atoms. The molecule has 0 radical (unpaired) electrons. The summed E-state index contributed by atoms with van der Waals surface area (Å²) in [7, 11) is 2.70. The highest BCUT2D eigenvalue weighted by Gasteiger charge is 2.17. The lowest BCUT2D eigenvalue weighted by Gasteiger charge is -2.09. The first-order chi connectivity index (χ1) is 14.7. The van der Waals surface area contributed by atoms with Gasteiger partial charge in [0.2, 0.25) is 5.76 Å². The molecule has 0 heterocycles. The summed E-state index contributed by atoms with van der Waals surface area (Å²) in [5.74, 6) is -1.90. The normalized spacial score (nSPS) is 11.7. The molecule has 9 nitrogen and oxygen atoms in total. The van der Waals surface area contributed by atoms with E-state index < -0.39 is 18.0 Å². The second-order valence-corrected chi connectivity index (χ2v) is 6.34. The third kappa shape index (κ3) is 14.1. The number of aliphatic hydroxyl groups is 3. The summed E-state index contributed by atoms with van der Waals surface area (Å²) in [5, 5.41) is 41.5. The first-order valence-corrected chi connectivity index (χ1v) is 9.97. The van der Waals surface area contributed by atoms with Crippen LogP contribution in [0.4, 0.5) is 0 Å². The molecule has 31 heavy (non-hydrogen) atoms. The zero-order valence-corrected chi connectivity index (χ0v) is 18.7. The minimum atomic E-state index is -1.15. The second kappa shape index (κ2) is 19.3. The molecule has 5 N–H and O–H groups in total. The summed E-state index contributed by atoms with van der Waals surface area (Å²) in [4.78, 5) is 21.3. The van der Waals surface area contributed by atoms with Crippen LogP contribution in [0.25, 0.3) is 5.76 Å². The number of hydrogen-bond acceptors (Lipinski definition) is 7. The highest BCUT2D eigenvalue weighted by atomic mass is 16.5. The van der Waals surface area contributed by atoms with Crippen LogP contribution in [0.3, 0.4) is 0 Å². The lowest BCUT2D eigenvalue weighted by molar-refractivity contribution is -0.142. The fourth-order valence-corrected chi connectivity index (χ4v) is 2.22. The number of hydrogen-bond donors (Lipinski definition) is 5. The maximum absolute atomic E-state index is 10.8. The van der Waals surface area contributed by atoms with Crippen LogP contribution in [0, 0.1) is 5.92 Å². The van der Waals surface area contributed by atoms with Crippen molar-refractivity contribution in [2.24, 2.45) is 5.92 Å². The quantitative estimate of drug-likeness (QED) is 0.255. The van der Waals surface area contributed by atoms with E-state index in [-0.39, 0.29) is 30.6 Å². The van der Waals surface area contributed by atoms with E-state index in [2.05, 4.69) is 6.92 Å². The van der Waals surface area contributed by atoms with Crippen molar-refractivity contribution in [1.29, 1.82) is 0 Å². The Morgan fingerprint density at radius 3 is 1.81 bits per heavy atom. The number of benzene rings is 1. The molecule has 0 fully saturated rings. The summed E-state index contributed by atoms with van der Waals surface area (Å²) < 4.78 is 9.80. The third-order valence-electron chi connectivity index (χ3n) is 4.01. The van der Waals surface area contributed by atoms with Crippen molar-refractivity contribution in [2.75, 3.05) is 27.4 Å². The summed E-state index contributed by atoms with van der Waals surface area (Å²) in [6.45, 7) is 3.27. The molecule has 0 aliphatic rings. The smallest absolute Gasteiger partial charge is 0.375 e.